The number of unbranched alkanes of at least 4 members (excludes halogenated alkanes) is 7. The molecule has 2 unspecified atom stereocenters. The molecule has 0 bridgehead atoms. The Balaban J connectivity index is 3.81. The van der Waals surface area contributed by atoms with Gasteiger partial charge in [-0.15, -0.1) is 0 Å². The van der Waals surface area contributed by atoms with E-state index in [1.165, 1.54) is 25.7 Å². The summed E-state index contributed by atoms with van der Waals surface area (Å²) in [7, 11) is 0. The summed E-state index contributed by atoms with van der Waals surface area (Å²) in [4.78, 5) is 11.8. The molecule has 0 aliphatic rings. The van der Waals surface area contributed by atoms with Crippen LogP contribution in [0.4, 0.5) is 0 Å². The van der Waals surface area contributed by atoms with Gasteiger partial charge in [-0.05, 0) is 12.8 Å². The van der Waals surface area contributed by atoms with Gasteiger partial charge >= 0.3 is 0 Å². The smallest absolute Gasteiger partial charge is 0.220 e. The summed E-state index contributed by atoms with van der Waals surface area (Å²) in [5, 5.41) is 22.1. The Morgan fingerprint density at radius 2 is 1.52 bits per heavy atom. The van der Waals surface area contributed by atoms with Crippen molar-refractivity contribution in [3.8, 4) is 0 Å². The lowest BCUT2D eigenvalue weighted by molar-refractivity contribution is -0.123. The third kappa shape index (κ3) is 11.7. The van der Waals surface area contributed by atoms with Crippen molar-refractivity contribution < 1.29 is 15.0 Å². The number of aliphatic hydroxyl groups is 2. The molecule has 0 aliphatic heterocycles. The molecule has 126 valence electrons. The maximum Gasteiger partial charge on any atom is 0.220 e. The van der Waals surface area contributed by atoms with E-state index < -0.39 is 12.1 Å². The second-order valence-corrected chi connectivity index (χ2v) is 5.94. The Labute approximate surface area is 130 Å². The summed E-state index contributed by atoms with van der Waals surface area (Å²) < 4.78 is 0. The van der Waals surface area contributed by atoms with Crippen LogP contribution in [0.3, 0.4) is 0 Å². The van der Waals surface area contributed by atoms with Gasteiger partial charge in [0, 0.05) is 6.42 Å². The zero-order chi connectivity index (χ0) is 15.9. The van der Waals surface area contributed by atoms with Gasteiger partial charge in [-0.3, -0.25) is 4.79 Å². The zero-order valence-corrected chi connectivity index (χ0v) is 13.9. The van der Waals surface area contributed by atoms with Crippen LogP contribution in [0, 0.1) is 0 Å². The minimum atomic E-state index is -0.643. The van der Waals surface area contributed by atoms with Crippen LogP contribution in [0.15, 0.2) is 0 Å². The molecule has 0 radical (unpaired) electrons. The van der Waals surface area contributed by atoms with Gasteiger partial charge in [0.2, 0.25) is 5.91 Å². The molecule has 21 heavy (non-hydrogen) atoms. The minimum absolute atomic E-state index is 0.0573. The van der Waals surface area contributed by atoms with Gasteiger partial charge in [-0.25, -0.2) is 0 Å². The molecule has 4 heteroatoms. The maximum absolute atomic E-state index is 11.8. The second kappa shape index (κ2) is 14.3. The fraction of sp³-hybridized carbons (Fsp3) is 0.941. The van der Waals surface area contributed by atoms with Crippen molar-refractivity contribution in [2.45, 2.75) is 96.6 Å². The highest BCUT2D eigenvalue weighted by Gasteiger charge is 2.19. The molecule has 0 aromatic heterocycles. The summed E-state index contributed by atoms with van der Waals surface area (Å²) in [5.74, 6) is -0.0573. The molecule has 0 aliphatic carbocycles. The Morgan fingerprint density at radius 3 is 2.10 bits per heavy atom. The van der Waals surface area contributed by atoms with Crippen molar-refractivity contribution in [1.29, 1.82) is 0 Å². The quantitative estimate of drug-likeness (QED) is 0.432. The largest absolute Gasteiger partial charge is 0.394 e. The van der Waals surface area contributed by atoms with Crippen LogP contribution >= 0.6 is 0 Å². The van der Waals surface area contributed by atoms with Crippen molar-refractivity contribution in [2.24, 2.45) is 0 Å². The van der Waals surface area contributed by atoms with E-state index in [0.717, 1.165) is 32.1 Å². The highest BCUT2D eigenvalue weighted by Crippen LogP contribution is 2.09. The number of amides is 1. The fourth-order valence-electron chi connectivity index (χ4n) is 2.41. The molecule has 3 N–H and O–H groups in total. The Bertz CT molecular complexity index is 246. The van der Waals surface area contributed by atoms with E-state index in [4.69, 9.17) is 0 Å². The monoisotopic (exact) mass is 301 g/mol. The Kier molecular flexibility index (Phi) is 13.9. The van der Waals surface area contributed by atoms with Crippen LogP contribution in [0.2, 0.25) is 0 Å². The average Bonchev–Trinajstić information content (AvgIpc) is 2.48. The molecule has 0 saturated heterocycles. The summed E-state index contributed by atoms with van der Waals surface area (Å²) in [5.41, 5.74) is 0. The summed E-state index contributed by atoms with van der Waals surface area (Å²) in [6.45, 7) is 4.12. The van der Waals surface area contributed by atoms with Crippen LogP contribution in [-0.4, -0.2) is 34.9 Å². The summed E-state index contributed by atoms with van der Waals surface area (Å²) in [6.07, 6.45) is 10.4. The lowest BCUT2D eigenvalue weighted by Crippen LogP contribution is -2.45. The van der Waals surface area contributed by atoms with Gasteiger partial charge in [0.05, 0.1) is 18.8 Å². The number of carbonyl (C=O) groups excluding carboxylic acids is 1. The van der Waals surface area contributed by atoms with Crippen molar-refractivity contribution in [2.75, 3.05) is 6.61 Å². The number of hydrogen-bond acceptors (Lipinski definition) is 3. The average molecular weight is 301 g/mol. The van der Waals surface area contributed by atoms with Gasteiger partial charge in [-0.1, -0.05) is 65.2 Å². The lowest BCUT2D eigenvalue weighted by Gasteiger charge is -2.22. The first-order valence-electron chi connectivity index (χ1n) is 8.73. The maximum atomic E-state index is 11.8. The first-order valence-corrected chi connectivity index (χ1v) is 8.73. The van der Waals surface area contributed by atoms with Crippen LogP contribution in [0.1, 0.15) is 84.5 Å². The molecular formula is C17H35NO3. The number of nitrogens with one attached hydrogen (secondary N) is 1. The topological polar surface area (TPSA) is 69.6 Å². The first kappa shape index (κ1) is 20.4. The van der Waals surface area contributed by atoms with E-state index in [2.05, 4.69) is 19.2 Å². The van der Waals surface area contributed by atoms with Crippen molar-refractivity contribution in [3.63, 3.8) is 0 Å². The van der Waals surface area contributed by atoms with Gasteiger partial charge in [0.1, 0.15) is 0 Å². The normalized spacial score (nSPS) is 13.9. The Morgan fingerprint density at radius 1 is 0.952 bits per heavy atom. The van der Waals surface area contributed by atoms with Crippen LogP contribution < -0.4 is 5.32 Å². The molecule has 0 rings (SSSR count). The van der Waals surface area contributed by atoms with Gasteiger partial charge in [-0.2, -0.15) is 0 Å². The molecular weight excluding hydrogens is 266 g/mol. The molecule has 0 saturated carbocycles. The molecule has 1 amide bonds. The summed E-state index contributed by atoms with van der Waals surface area (Å²) >= 11 is 0. The number of hydrogen-bond donors (Lipinski definition) is 3. The summed E-state index contributed by atoms with van der Waals surface area (Å²) in [6, 6.07) is -0.519. The third-order valence-electron chi connectivity index (χ3n) is 3.87. The first-order chi connectivity index (χ1) is 10.2. The molecule has 2 atom stereocenters. The minimum Gasteiger partial charge on any atom is -0.394 e. The van der Waals surface area contributed by atoms with Crippen molar-refractivity contribution >= 4 is 5.91 Å². The van der Waals surface area contributed by atoms with E-state index in [0.29, 0.717) is 12.8 Å². The SMILES string of the molecule is CCCCCCCC(=O)NC(CO)C(O)CCCCCC. The highest BCUT2D eigenvalue weighted by molar-refractivity contribution is 5.76. The van der Waals surface area contributed by atoms with Gasteiger partial charge in [0.25, 0.3) is 0 Å². The van der Waals surface area contributed by atoms with Crippen LogP contribution in [0.5, 0.6) is 0 Å². The number of carbonyl (C=O) groups is 1. The van der Waals surface area contributed by atoms with E-state index >= 15 is 0 Å². The molecule has 4 nitrogen and oxygen atoms in total. The predicted octanol–water partition coefficient (Wildman–Crippen LogP) is 3.16. The molecule has 0 fully saturated rings. The van der Waals surface area contributed by atoms with E-state index in [9.17, 15) is 15.0 Å². The fourth-order valence-corrected chi connectivity index (χ4v) is 2.41. The molecule has 0 spiro atoms. The van der Waals surface area contributed by atoms with Crippen molar-refractivity contribution in [3.05, 3.63) is 0 Å². The van der Waals surface area contributed by atoms with E-state index in [1.807, 2.05) is 0 Å². The molecule has 0 heterocycles. The number of rotatable bonds is 14. The highest BCUT2D eigenvalue weighted by atomic mass is 16.3. The van der Waals surface area contributed by atoms with Crippen LogP contribution in [0.25, 0.3) is 0 Å². The standard InChI is InChI=1S/C17H35NO3/c1-3-5-7-9-11-13-17(21)18-15(14-19)16(20)12-10-8-6-4-2/h15-16,19-20H,3-14H2,1-2H3,(H,18,21). The molecule has 0 aromatic carbocycles. The van der Waals surface area contributed by atoms with Crippen molar-refractivity contribution in [1.82, 2.24) is 5.32 Å². The van der Waals surface area contributed by atoms with Gasteiger partial charge in [0.15, 0.2) is 0 Å². The number of aliphatic hydroxyl groups excluding tert-OH is 2. The van der Waals surface area contributed by atoms with Gasteiger partial charge < -0.3 is 15.5 Å². The van der Waals surface area contributed by atoms with Crippen LogP contribution in [-0.2, 0) is 4.79 Å². The molecule has 0 aromatic rings. The van der Waals surface area contributed by atoms with E-state index in [1.54, 1.807) is 0 Å². The predicted molar refractivity (Wildman–Crippen MR) is 87.2 cm³/mol. The zero-order valence-electron chi connectivity index (χ0n) is 13.9. The van der Waals surface area contributed by atoms with E-state index in [-0.39, 0.29) is 12.5 Å². The second-order valence-electron chi connectivity index (χ2n) is 5.94. The third-order valence-corrected chi connectivity index (χ3v) is 3.87. The Hall–Kier alpha value is -0.610. The lowest BCUT2D eigenvalue weighted by atomic mass is 10.0.